The molecule has 2 heteroatoms. The standard InChI is InChI=1S/C18H28O2/c1-12(2)7-6-8-13(3)9-10-16-11-17(19)14(4)15(5)18(16)20/h11-13H,6-10H2,1-5H3. The number of carbonyl (C=O) groups is 2. The van der Waals surface area contributed by atoms with Gasteiger partial charge in [0.1, 0.15) is 0 Å². The molecule has 0 aliphatic heterocycles. The molecule has 0 N–H and O–H groups in total. The highest BCUT2D eigenvalue weighted by Crippen LogP contribution is 2.25. The molecule has 0 amide bonds. The van der Waals surface area contributed by atoms with E-state index in [0.717, 1.165) is 18.8 Å². The Morgan fingerprint density at radius 1 is 0.950 bits per heavy atom. The van der Waals surface area contributed by atoms with Gasteiger partial charge >= 0.3 is 0 Å². The van der Waals surface area contributed by atoms with Crippen LogP contribution in [0.5, 0.6) is 0 Å². The second kappa shape index (κ2) is 7.56. The van der Waals surface area contributed by atoms with Gasteiger partial charge in [-0.25, -0.2) is 0 Å². The molecule has 0 radical (unpaired) electrons. The van der Waals surface area contributed by atoms with E-state index in [9.17, 15) is 9.59 Å². The molecule has 1 atom stereocenters. The van der Waals surface area contributed by atoms with Gasteiger partial charge in [-0.15, -0.1) is 0 Å². The van der Waals surface area contributed by atoms with Gasteiger partial charge in [-0.2, -0.15) is 0 Å². The first-order valence-corrected chi connectivity index (χ1v) is 7.80. The first-order valence-electron chi connectivity index (χ1n) is 7.80. The molecule has 1 aliphatic carbocycles. The lowest BCUT2D eigenvalue weighted by Crippen LogP contribution is -2.17. The molecular formula is C18H28O2. The molecule has 0 aromatic heterocycles. The van der Waals surface area contributed by atoms with E-state index in [0.29, 0.717) is 22.6 Å². The van der Waals surface area contributed by atoms with E-state index < -0.39 is 0 Å². The van der Waals surface area contributed by atoms with Gasteiger partial charge in [-0.3, -0.25) is 9.59 Å². The summed E-state index contributed by atoms with van der Waals surface area (Å²) in [7, 11) is 0. The summed E-state index contributed by atoms with van der Waals surface area (Å²) in [6.07, 6.45) is 7.01. The van der Waals surface area contributed by atoms with Crippen LogP contribution >= 0.6 is 0 Å². The van der Waals surface area contributed by atoms with Crippen LogP contribution in [-0.4, -0.2) is 11.6 Å². The number of allylic oxidation sites excluding steroid dienone is 4. The van der Waals surface area contributed by atoms with Crippen molar-refractivity contribution in [2.45, 2.75) is 66.7 Å². The molecule has 0 saturated heterocycles. The van der Waals surface area contributed by atoms with E-state index in [1.54, 1.807) is 19.9 Å². The monoisotopic (exact) mass is 276 g/mol. The van der Waals surface area contributed by atoms with Gasteiger partial charge in [0.05, 0.1) is 0 Å². The Kier molecular flexibility index (Phi) is 6.38. The van der Waals surface area contributed by atoms with Gasteiger partial charge in [0.25, 0.3) is 0 Å². The lowest BCUT2D eigenvalue weighted by Gasteiger charge is -2.16. The van der Waals surface area contributed by atoms with Crippen molar-refractivity contribution < 1.29 is 9.59 Å². The van der Waals surface area contributed by atoms with E-state index in [1.165, 1.54) is 19.3 Å². The summed E-state index contributed by atoms with van der Waals surface area (Å²) < 4.78 is 0. The van der Waals surface area contributed by atoms with Gasteiger partial charge in [0.2, 0.25) is 0 Å². The van der Waals surface area contributed by atoms with Crippen LogP contribution in [0.15, 0.2) is 22.8 Å². The Labute approximate surface area is 123 Å². The summed E-state index contributed by atoms with van der Waals surface area (Å²) in [6.45, 7) is 10.2. The van der Waals surface area contributed by atoms with Gasteiger partial charge in [-0.05, 0) is 44.6 Å². The lowest BCUT2D eigenvalue weighted by molar-refractivity contribution is -0.116. The summed E-state index contributed by atoms with van der Waals surface area (Å²) in [5.74, 6) is 1.45. The summed E-state index contributed by atoms with van der Waals surface area (Å²) in [4.78, 5) is 23.9. The molecule has 0 bridgehead atoms. The average Bonchev–Trinajstić information content (AvgIpc) is 2.38. The molecule has 0 aromatic rings. The first kappa shape index (κ1) is 16.9. The highest BCUT2D eigenvalue weighted by Gasteiger charge is 2.22. The maximum absolute atomic E-state index is 12.1. The summed E-state index contributed by atoms with van der Waals surface area (Å²) in [6, 6.07) is 0. The second-order valence-electron chi connectivity index (χ2n) is 6.58. The Hall–Kier alpha value is -1.18. The molecule has 0 heterocycles. The fourth-order valence-electron chi connectivity index (χ4n) is 2.53. The quantitative estimate of drug-likeness (QED) is 0.635. The van der Waals surface area contributed by atoms with Crippen molar-refractivity contribution in [1.82, 2.24) is 0 Å². The highest BCUT2D eigenvalue weighted by molar-refractivity contribution is 6.22. The average molecular weight is 276 g/mol. The minimum absolute atomic E-state index is 0.00422. The summed E-state index contributed by atoms with van der Waals surface area (Å²) in [5, 5.41) is 0. The molecule has 112 valence electrons. The van der Waals surface area contributed by atoms with Crippen LogP contribution in [0.1, 0.15) is 66.7 Å². The van der Waals surface area contributed by atoms with Crippen LogP contribution in [0.2, 0.25) is 0 Å². The fraction of sp³-hybridized carbons (Fsp3) is 0.667. The van der Waals surface area contributed by atoms with Crippen molar-refractivity contribution in [1.29, 1.82) is 0 Å². The third kappa shape index (κ3) is 4.73. The largest absolute Gasteiger partial charge is 0.290 e. The zero-order valence-electron chi connectivity index (χ0n) is 13.6. The van der Waals surface area contributed by atoms with E-state index in [4.69, 9.17) is 0 Å². The van der Waals surface area contributed by atoms with Gasteiger partial charge < -0.3 is 0 Å². The van der Waals surface area contributed by atoms with E-state index in [-0.39, 0.29) is 11.6 Å². The van der Waals surface area contributed by atoms with Crippen molar-refractivity contribution >= 4 is 11.6 Å². The number of hydrogen-bond acceptors (Lipinski definition) is 2. The van der Waals surface area contributed by atoms with Crippen LogP contribution in [0.4, 0.5) is 0 Å². The molecule has 1 aliphatic rings. The highest BCUT2D eigenvalue weighted by atomic mass is 16.1. The normalized spacial score (nSPS) is 17.8. The molecule has 0 spiro atoms. The second-order valence-corrected chi connectivity index (χ2v) is 6.58. The number of ketones is 2. The molecule has 1 unspecified atom stereocenters. The third-order valence-electron chi connectivity index (χ3n) is 4.25. The van der Waals surface area contributed by atoms with Crippen molar-refractivity contribution in [3.05, 3.63) is 22.8 Å². The Balaban J connectivity index is 2.44. The Morgan fingerprint density at radius 3 is 2.20 bits per heavy atom. The van der Waals surface area contributed by atoms with Gasteiger partial charge in [0.15, 0.2) is 11.6 Å². The number of carbonyl (C=O) groups excluding carboxylic acids is 2. The summed E-state index contributed by atoms with van der Waals surface area (Å²) >= 11 is 0. The van der Waals surface area contributed by atoms with Crippen molar-refractivity contribution in [2.75, 3.05) is 0 Å². The topological polar surface area (TPSA) is 34.1 Å². The number of Topliss-reactive ketones (excluding diaryl/α,β-unsaturated/α-hetero) is 1. The zero-order valence-corrected chi connectivity index (χ0v) is 13.6. The predicted molar refractivity (Wildman–Crippen MR) is 83.6 cm³/mol. The van der Waals surface area contributed by atoms with Crippen LogP contribution in [-0.2, 0) is 9.59 Å². The molecule has 0 fully saturated rings. The van der Waals surface area contributed by atoms with Crippen LogP contribution in [0, 0.1) is 11.8 Å². The van der Waals surface area contributed by atoms with Gasteiger partial charge in [0, 0.05) is 16.7 Å². The predicted octanol–water partition coefficient (Wildman–Crippen LogP) is 4.64. The van der Waals surface area contributed by atoms with Crippen molar-refractivity contribution in [3.8, 4) is 0 Å². The minimum Gasteiger partial charge on any atom is -0.290 e. The minimum atomic E-state index is 0.00422. The fourth-order valence-corrected chi connectivity index (χ4v) is 2.53. The van der Waals surface area contributed by atoms with E-state index in [1.807, 2.05) is 0 Å². The van der Waals surface area contributed by atoms with E-state index in [2.05, 4.69) is 20.8 Å². The van der Waals surface area contributed by atoms with Crippen LogP contribution in [0.3, 0.4) is 0 Å². The van der Waals surface area contributed by atoms with Crippen LogP contribution < -0.4 is 0 Å². The summed E-state index contributed by atoms with van der Waals surface area (Å²) in [5.41, 5.74) is 1.93. The van der Waals surface area contributed by atoms with Gasteiger partial charge in [-0.1, -0.05) is 40.0 Å². The molecule has 2 nitrogen and oxygen atoms in total. The third-order valence-corrected chi connectivity index (χ3v) is 4.25. The number of rotatable bonds is 7. The smallest absolute Gasteiger partial charge is 0.185 e. The van der Waals surface area contributed by atoms with Crippen molar-refractivity contribution in [3.63, 3.8) is 0 Å². The molecule has 20 heavy (non-hydrogen) atoms. The molecule has 1 rings (SSSR count). The zero-order chi connectivity index (χ0) is 15.3. The molecule has 0 saturated carbocycles. The van der Waals surface area contributed by atoms with Crippen LogP contribution in [0.25, 0.3) is 0 Å². The van der Waals surface area contributed by atoms with Crippen molar-refractivity contribution in [2.24, 2.45) is 11.8 Å². The molecular weight excluding hydrogens is 248 g/mol. The SMILES string of the molecule is CC1=C(C)C(=O)C(CCC(C)CCCC(C)C)=CC1=O. The Morgan fingerprint density at radius 2 is 1.60 bits per heavy atom. The maximum Gasteiger partial charge on any atom is 0.185 e. The first-order chi connectivity index (χ1) is 9.32. The maximum atomic E-state index is 12.1. The lowest BCUT2D eigenvalue weighted by atomic mass is 9.86. The molecule has 0 aromatic carbocycles. The number of hydrogen-bond donors (Lipinski definition) is 0. The Bertz CT molecular complexity index is 438. The van der Waals surface area contributed by atoms with E-state index >= 15 is 0 Å².